The van der Waals surface area contributed by atoms with Crippen molar-refractivity contribution in [1.29, 1.82) is 0 Å². The van der Waals surface area contributed by atoms with Gasteiger partial charge in [0.05, 0.1) is 11.4 Å². The lowest BCUT2D eigenvalue weighted by Gasteiger charge is -2.15. The lowest BCUT2D eigenvalue weighted by atomic mass is 9.98. The van der Waals surface area contributed by atoms with E-state index in [9.17, 15) is 18.3 Å². The van der Waals surface area contributed by atoms with Crippen molar-refractivity contribution in [3.8, 4) is 0 Å². The number of halogens is 3. The monoisotopic (exact) mass is 282 g/mol. The van der Waals surface area contributed by atoms with Gasteiger partial charge in [0.1, 0.15) is 6.10 Å². The van der Waals surface area contributed by atoms with Crippen LogP contribution in [0.4, 0.5) is 13.2 Å². The molecule has 0 saturated heterocycles. The van der Waals surface area contributed by atoms with Crippen molar-refractivity contribution in [2.75, 3.05) is 0 Å². The third-order valence-corrected chi connectivity index (χ3v) is 3.02. The van der Waals surface area contributed by atoms with Crippen LogP contribution in [0, 0.1) is 24.4 Å². The van der Waals surface area contributed by atoms with E-state index in [4.69, 9.17) is 0 Å². The molecule has 1 aromatic carbocycles. The molecule has 0 spiro atoms. The molecular formula is C14H13F3N2O. The van der Waals surface area contributed by atoms with E-state index in [-0.39, 0.29) is 5.56 Å². The van der Waals surface area contributed by atoms with Crippen LogP contribution in [0.25, 0.3) is 0 Å². The maximum atomic E-state index is 13.7. The van der Waals surface area contributed by atoms with E-state index in [1.54, 1.807) is 19.9 Å². The Morgan fingerprint density at radius 1 is 1.10 bits per heavy atom. The largest absolute Gasteiger partial charge is 0.383 e. The van der Waals surface area contributed by atoms with Gasteiger partial charge in [-0.15, -0.1) is 0 Å². The maximum absolute atomic E-state index is 13.7. The van der Waals surface area contributed by atoms with Gasteiger partial charge in [0.15, 0.2) is 17.5 Å². The van der Waals surface area contributed by atoms with Crippen molar-refractivity contribution in [3.05, 3.63) is 58.2 Å². The molecule has 1 N–H and O–H groups in total. The van der Waals surface area contributed by atoms with Gasteiger partial charge in [0.25, 0.3) is 0 Å². The zero-order valence-electron chi connectivity index (χ0n) is 11.0. The molecule has 2 rings (SSSR count). The van der Waals surface area contributed by atoms with Crippen LogP contribution >= 0.6 is 0 Å². The molecular weight excluding hydrogens is 269 g/mol. The number of hydrogen-bond donors (Lipinski definition) is 1. The van der Waals surface area contributed by atoms with Crippen molar-refractivity contribution in [1.82, 2.24) is 10.2 Å². The molecule has 0 bridgehead atoms. The highest BCUT2D eigenvalue weighted by atomic mass is 19.2. The zero-order valence-corrected chi connectivity index (χ0v) is 11.0. The lowest BCUT2D eigenvalue weighted by Crippen LogP contribution is -2.10. The van der Waals surface area contributed by atoms with Crippen molar-refractivity contribution in [2.45, 2.75) is 26.4 Å². The minimum atomic E-state index is -1.60. The smallest absolute Gasteiger partial charge is 0.194 e. The van der Waals surface area contributed by atoms with E-state index in [1.807, 2.05) is 0 Å². The quantitative estimate of drug-likeness (QED) is 0.880. The Morgan fingerprint density at radius 2 is 1.80 bits per heavy atom. The average molecular weight is 282 g/mol. The first-order chi connectivity index (χ1) is 9.45. The molecule has 0 fully saturated rings. The van der Waals surface area contributed by atoms with Crippen LogP contribution in [0.5, 0.6) is 0 Å². The Balaban J connectivity index is 2.54. The number of hydrogen-bond acceptors (Lipinski definition) is 3. The van der Waals surface area contributed by atoms with Crippen LogP contribution < -0.4 is 0 Å². The summed E-state index contributed by atoms with van der Waals surface area (Å²) >= 11 is 0. The molecule has 0 aliphatic carbocycles. The molecule has 3 nitrogen and oxygen atoms in total. The fraction of sp³-hybridized carbons (Fsp3) is 0.286. The minimum absolute atomic E-state index is 0.328. The summed E-state index contributed by atoms with van der Waals surface area (Å²) in [5.41, 5.74) is 1.03. The first-order valence-corrected chi connectivity index (χ1v) is 6.10. The second-order valence-corrected chi connectivity index (χ2v) is 4.41. The van der Waals surface area contributed by atoms with Crippen molar-refractivity contribution in [2.24, 2.45) is 0 Å². The summed E-state index contributed by atoms with van der Waals surface area (Å²) in [5, 5.41) is 18.0. The predicted molar refractivity (Wildman–Crippen MR) is 66.5 cm³/mol. The van der Waals surface area contributed by atoms with Gasteiger partial charge < -0.3 is 5.11 Å². The van der Waals surface area contributed by atoms with E-state index in [0.717, 1.165) is 12.1 Å². The molecule has 106 valence electrons. The predicted octanol–water partition coefficient (Wildman–Crippen LogP) is 2.85. The highest BCUT2D eigenvalue weighted by Crippen LogP contribution is 2.28. The number of nitrogens with zero attached hydrogens (tertiary/aromatic N) is 2. The van der Waals surface area contributed by atoms with Crippen LogP contribution in [0.1, 0.15) is 35.5 Å². The molecule has 1 unspecified atom stereocenters. The Bertz CT molecular complexity index is 647. The fourth-order valence-corrected chi connectivity index (χ4v) is 1.97. The third kappa shape index (κ3) is 2.51. The highest BCUT2D eigenvalue weighted by Gasteiger charge is 2.23. The number of aryl methyl sites for hydroxylation is 2. The van der Waals surface area contributed by atoms with E-state index in [0.29, 0.717) is 23.4 Å². The molecule has 6 heteroatoms. The van der Waals surface area contributed by atoms with Gasteiger partial charge in [-0.05, 0) is 25.5 Å². The summed E-state index contributed by atoms with van der Waals surface area (Å²) in [7, 11) is 0. The molecule has 0 radical (unpaired) electrons. The normalized spacial score (nSPS) is 12.5. The molecule has 2 aromatic rings. The summed E-state index contributed by atoms with van der Waals surface area (Å²) in [4.78, 5) is 0. The standard InChI is InChI=1S/C14H13F3N2O/c1-3-11-9(6-7(2)18-19-11)14(20)8-4-5-10(15)13(17)12(8)16/h4-6,14,20H,3H2,1-2H3. The SMILES string of the molecule is CCc1nnc(C)cc1C(O)c1ccc(F)c(F)c1F. The van der Waals surface area contributed by atoms with Crippen LogP contribution in [0.15, 0.2) is 18.2 Å². The van der Waals surface area contributed by atoms with E-state index in [1.165, 1.54) is 0 Å². The minimum Gasteiger partial charge on any atom is -0.383 e. The third-order valence-electron chi connectivity index (χ3n) is 3.02. The Kier molecular flexibility index (Phi) is 4.04. The Hall–Kier alpha value is -1.95. The number of aromatic nitrogens is 2. The lowest BCUT2D eigenvalue weighted by molar-refractivity contribution is 0.210. The Morgan fingerprint density at radius 3 is 2.45 bits per heavy atom. The van der Waals surface area contributed by atoms with Crippen molar-refractivity contribution >= 4 is 0 Å². The number of benzene rings is 1. The van der Waals surface area contributed by atoms with E-state index >= 15 is 0 Å². The summed E-state index contributed by atoms with van der Waals surface area (Å²) in [6, 6.07) is 3.36. The van der Waals surface area contributed by atoms with Crippen molar-refractivity contribution < 1.29 is 18.3 Å². The highest BCUT2D eigenvalue weighted by molar-refractivity contribution is 5.34. The van der Waals surface area contributed by atoms with Gasteiger partial charge in [-0.1, -0.05) is 13.0 Å². The summed E-state index contributed by atoms with van der Waals surface area (Å²) < 4.78 is 39.9. The van der Waals surface area contributed by atoms with Gasteiger partial charge in [-0.2, -0.15) is 10.2 Å². The van der Waals surface area contributed by atoms with Crippen molar-refractivity contribution in [3.63, 3.8) is 0 Å². The van der Waals surface area contributed by atoms with Crippen LogP contribution in [-0.4, -0.2) is 15.3 Å². The van der Waals surface area contributed by atoms with Gasteiger partial charge >= 0.3 is 0 Å². The molecule has 20 heavy (non-hydrogen) atoms. The molecule has 1 aromatic heterocycles. The summed E-state index contributed by atoms with van der Waals surface area (Å²) in [6.45, 7) is 3.47. The molecule has 1 atom stereocenters. The zero-order chi connectivity index (χ0) is 14.9. The van der Waals surface area contributed by atoms with Gasteiger partial charge in [0.2, 0.25) is 0 Å². The van der Waals surface area contributed by atoms with E-state index in [2.05, 4.69) is 10.2 Å². The van der Waals surface area contributed by atoms with Gasteiger partial charge in [-0.3, -0.25) is 0 Å². The topological polar surface area (TPSA) is 46.0 Å². The van der Waals surface area contributed by atoms with Gasteiger partial charge in [-0.25, -0.2) is 13.2 Å². The first-order valence-electron chi connectivity index (χ1n) is 6.10. The molecule has 0 aliphatic heterocycles. The molecule has 1 heterocycles. The number of rotatable bonds is 3. The van der Waals surface area contributed by atoms with Crippen LogP contribution in [0.2, 0.25) is 0 Å². The molecule has 0 amide bonds. The molecule has 0 aliphatic rings. The van der Waals surface area contributed by atoms with Gasteiger partial charge in [0, 0.05) is 11.1 Å². The number of aliphatic hydroxyl groups excluding tert-OH is 1. The average Bonchev–Trinajstić information content (AvgIpc) is 2.44. The fourth-order valence-electron chi connectivity index (χ4n) is 1.97. The van der Waals surface area contributed by atoms with Crippen LogP contribution in [-0.2, 0) is 6.42 Å². The number of aliphatic hydroxyl groups is 1. The Labute approximate surface area is 114 Å². The summed E-state index contributed by atoms with van der Waals surface area (Å²) in [6.07, 6.45) is -0.945. The molecule has 0 saturated carbocycles. The summed E-state index contributed by atoms with van der Waals surface area (Å²) in [5.74, 6) is -4.29. The van der Waals surface area contributed by atoms with E-state index < -0.39 is 23.6 Å². The first kappa shape index (κ1) is 14.5. The maximum Gasteiger partial charge on any atom is 0.194 e. The van der Waals surface area contributed by atoms with Crippen LogP contribution in [0.3, 0.4) is 0 Å². The second-order valence-electron chi connectivity index (χ2n) is 4.41. The second kappa shape index (κ2) is 5.58.